The van der Waals surface area contributed by atoms with Gasteiger partial charge in [0.15, 0.2) is 0 Å². The summed E-state index contributed by atoms with van der Waals surface area (Å²) in [5.74, 6) is -0.602. The lowest BCUT2D eigenvalue weighted by molar-refractivity contribution is -0.387. The van der Waals surface area contributed by atoms with Crippen molar-refractivity contribution in [3.63, 3.8) is 0 Å². The van der Waals surface area contributed by atoms with E-state index < -0.39 is 10.9 Å². The van der Waals surface area contributed by atoms with Crippen molar-refractivity contribution >= 4 is 35.0 Å². The van der Waals surface area contributed by atoms with E-state index in [1.54, 1.807) is 4.90 Å². The number of nitrogens with zero attached hydrogens (tertiary/aromatic N) is 3. The fourth-order valence-corrected chi connectivity index (χ4v) is 4.02. The molecule has 2 aromatic rings. The number of carbonyl (C=O) groups excluding carboxylic acids is 2. The van der Waals surface area contributed by atoms with Crippen LogP contribution in [0.1, 0.15) is 10.4 Å². The van der Waals surface area contributed by atoms with E-state index in [1.807, 2.05) is 30.3 Å². The predicted octanol–water partition coefficient (Wildman–Crippen LogP) is 2.82. The second kappa shape index (κ2) is 9.42. The van der Waals surface area contributed by atoms with E-state index in [9.17, 15) is 19.7 Å². The molecule has 1 aliphatic heterocycles. The Hall–Kier alpha value is -3.07. The van der Waals surface area contributed by atoms with E-state index in [0.717, 1.165) is 30.5 Å². The summed E-state index contributed by atoms with van der Waals surface area (Å²) in [5, 5.41) is 11.3. The lowest BCUT2D eigenvalue weighted by Crippen LogP contribution is -2.49. The summed E-state index contributed by atoms with van der Waals surface area (Å²) in [6, 6.07) is 14.2. The van der Waals surface area contributed by atoms with E-state index in [0.29, 0.717) is 18.0 Å². The van der Waals surface area contributed by atoms with Gasteiger partial charge in [-0.05, 0) is 24.3 Å². The molecule has 0 spiro atoms. The minimum Gasteiger partial charge on any atom is -0.465 e. The van der Waals surface area contributed by atoms with Crippen molar-refractivity contribution in [1.29, 1.82) is 0 Å². The van der Waals surface area contributed by atoms with Crippen LogP contribution < -0.4 is 4.90 Å². The van der Waals surface area contributed by atoms with Gasteiger partial charge in [0.25, 0.3) is 5.69 Å². The summed E-state index contributed by atoms with van der Waals surface area (Å²) in [5.41, 5.74) is 1.03. The highest BCUT2D eigenvalue weighted by atomic mass is 32.2. The molecule has 8 nitrogen and oxygen atoms in total. The molecule has 0 aromatic heterocycles. The second-order valence-electron chi connectivity index (χ2n) is 6.42. The molecule has 9 heteroatoms. The number of nitro benzene ring substituents is 1. The number of nitro groups is 1. The Morgan fingerprint density at radius 1 is 1.10 bits per heavy atom. The minimum absolute atomic E-state index is 0.0611. The number of anilines is 1. The lowest BCUT2D eigenvalue weighted by Gasteiger charge is -2.36. The van der Waals surface area contributed by atoms with Gasteiger partial charge in [0.1, 0.15) is 0 Å². The lowest BCUT2D eigenvalue weighted by atomic mass is 10.2. The van der Waals surface area contributed by atoms with Crippen molar-refractivity contribution in [1.82, 2.24) is 4.90 Å². The van der Waals surface area contributed by atoms with Crippen molar-refractivity contribution in [2.75, 3.05) is 43.9 Å². The molecule has 29 heavy (non-hydrogen) atoms. The Kier molecular flexibility index (Phi) is 6.71. The average Bonchev–Trinajstić information content (AvgIpc) is 2.77. The maximum atomic E-state index is 12.6. The Labute approximate surface area is 172 Å². The van der Waals surface area contributed by atoms with Gasteiger partial charge in [-0.3, -0.25) is 14.9 Å². The van der Waals surface area contributed by atoms with Crippen LogP contribution in [0.25, 0.3) is 0 Å². The van der Waals surface area contributed by atoms with Gasteiger partial charge in [-0.1, -0.05) is 18.2 Å². The normalized spacial score (nSPS) is 13.8. The molecule has 0 bridgehead atoms. The first kappa shape index (κ1) is 20.7. The molecule has 3 rings (SSSR count). The summed E-state index contributed by atoms with van der Waals surface area (Å²) in [4.78, 5) is 39.3. The number of rotatable bonds is 6. The van der Waals surface area contributed by atoms with Crippen molar-refractivity contribution in [2.45, 2.75) is 4.90 Å². The molecule has 0 aliphatic carbocycles. The number of methoxy groups -OCH3 is 1. The van der Waals surface area contributed by atoms with Crippen LogP contribution in [0, 0.1) is 10.1 Å². The van der Waals surface area contributed by atoms with Crippen LogP contribution in [-0.2, 0) is 9.53 Å². The van der Waals surface area contributed by atoms with Crippen LogP contribution in [0.3, 0.4) is 0 Å². The van der Waals surface area contributed by atoms with Crippen molar-refractivity contribution < 1.29 is 19.2 Å². The van der Waals surface area contributed by atoms with Crippen LogP contribution in [0.15, 0.2) is 53.4 Å². The first-order valence-corrected chi connectivity index (χ1v) is 10.1. The molecule has 0 unspecified atom stereocenters. The number of carbonyl (C=O) groups is 2. The maximum absolute atomic E-state index is 12.6. The SMILES string of the molecule is COC(=O)c1ccc(SCC(=O)N2CCN(c3ccccc3)CC2)c([N+](=O)[O-])c1. The van der Waals surface area contributed by atoms with Gasteiger partial charge in [-0.15, -0.1) is 11.8 Å². The Morgan fingerprint density at radius 3 is 2.41 bits per heavy atom. The molecule has 0 radical (unpaired) electrons. The van der Waals surface area contributed by atoms with Crippen molar-refractivity contribution in [3.8, 4) is 0 Å². The van der Waals surface area contributed by atoms with E-state index >= 15 is 0 Å². The van der Waals surface area contributed by atoms with Crippen molar-refractivity contribution in [2.24, 2.45) is 0 Å². The average molecular weight is 415 g/mol. The fraction of sp³-hybridized carbons (Fsp3) is 0.300. The predicted molar refractivity (Wildman–Crippen MR) is 110 cm³/mol. The summed E-state index contributed by atoms with van der Waals surface area (Å²) in [7, 11) is 1.22. The van der Waals surface area contributed by atoms with Gasteiger partial charge in [0.05, 0.1) is 28.2 Å². The molecule has 1 fully saturated rings. The van der Waals surface area contributed by atoms with Crippen LogP contribution in [0.4, 0.5) is 11.4 Å². The monoisotopic (exact) mass is 415 g/mol. The van der Waals surface area contributed by atoms with E-state index in [2.05, 4.69) is 9.64 Å². The third-order valence-electron chi connectivity index (χ3n) is 4.68. The number of ether oxygens (including phenoxy) is 1. The number of benzene rings is 2. The number of hydrogen-bond donors (Lipinski definition) is 0. The molecule has 0 atom stereocenters. The number of piperazine rings is 1. The third-order valence-corrected chi connectivity index (χ3v) is 5.73. The standard InChI is InChI=1S/C20H21N3O5S/c1-28-20(25)15-7-8-18(17(13-15)23(26)27)29-14-19(24)22-11-9-21(10-12-22)16-5-3-2-4-6-16/h2-8,13H,9-12,14H2,1H3. The van der Waals surface area contributed by atoms with Crippen molar-refractivity contribution in [3.05, 3.63) is 64.2 Å². The summed E-state index contributed by atoms with van der Waals surface area (Å²) in [6.07, 6.45) is 0. The van der Waals surface area contributed by atoms with Gasteiger partial charge >= 0.3 is 5.97 Å². The first-order chi connectivity index (χ1) is 14.0. The number of esters is 1. The fourth-order valence-electron chi connectivity index (χ4n) is 3.11. The topological polar surface area (TPSA) is 93.0 Å². The molecule has 1 aliphatic rings. The number of amides is 1. The number of thioether (sulfide) groups is 1. The molecule has 0 saturated carbocycles. The van der Waals surface area contributed by atoms with Crippen LogP contribution in [0.2, 0.25) is 0 Å². The third kappa shape index (κ3) is 5.05. The molecular weight excluding hydrogens is 394 g/mol. The minimum atomic E-state index is -0.642. The largest absolute Gasteiger partial charge is 0.465 e. The molecule has 1 amide bonds. The first-order valence-electron chi connectivity index (χ1n) is 9.07. The molecule has 152 valence electrons. The molecule has 2 aromatic carbocycles. The van der Waals surface area contributed by atoms with Gasteiger partial charge in [0, 0.05) is 37.9 Å². The Balaban J connectivity index is 1.58. The zero-order valence-corrected chi connectivity index (χ0v) is 16.8. The van der Waals surface area contributed by atoms with Gasteiger partial charge in [-0.2, -0.15) is 0 Å². The zero-order chi connectivity index (χ0) is 20.8. The van der Waals surface area contributed by atoms with E-state index in [4.69, 9.17) is 0 Å². The molecular formula is C20H21N3O5S. The number of hydrogen-bond acceptors (Lipinski definition) is 7. The smallest absolute Gasteiger partial charge is 0.338 e. The quantitative estimate of drug-likeness (QED) is 0.310. The molecule has 0 N–H and O–H groups in total. The van der Waals surface area contributed by atoms with Crippen LogP contribution in [-0.4, -0.2) is 60.7 Å². The van der Waals surface area contributed by atoms with Crippen LogP contribution >= 0.6 is 11.8 Å². The molecule has 1 saturated heterocycles. The molecule has 1 heterocycles. The highest BCUT2D eigenvalue weighted by Gasteiger charge is 2.23. The summed E-state index contributed by atoms with van der Waals surface area (Å²) < 4.78 is 4.60. The Bertz CT molecular complexity index is 898. The maximum Gasteiger partial charge on any atom is 0.338 e. The van der Waals surface area contributed by atoms with Gasteiger partial charge in [-0.25, -0.2) is 4.79 Å². The second-order valence-corrected chi connectivity index (χ2v) is 7.44. The summed E-state index contributed by atoms with van der Waals surface area (Å²) >= 11 is 1.10. The summed E-state index contributed by atoms with van der Waals surface area (Å²) in [6.45, 7) is 2.71. The Morgan fingerprint density at radius 2 is 1.79 bits per heavy atom. The van der Waals surface area contributed by atoms with Gasteiger partial charge < -0.3 is 14.5 Å². The highest BCUT2D eigenvalue weighted by molar-refractivity contribution is 8.00. The van der Waals surface area contributed by atoms with E-state index in [-0.39, 0.29) is 22.9 Å². The highest BCUT2D eigenvalue weighted by Crippen LogP contribution is 2.30. The van der Waals surface area contributed by atoms with E-state index in [1.165, 1.54) is 25.3 Å². The van der Waals surface area contributed by atoms with Gasteiger partial charge in [0.2, 0.25) is 5.91 Å². The zero-order valence-electron chi connectivity index (χ0n) is 15.9. The number of para-hydroxylation sites is 1. The van der Waals surface area contributed by atoms with Crippen LogP contribution in [0.5, 0.6) is 0 Å².